The van der Waals surface area contributed by atoms with E-state index in [-0.39, 0.29) is 12.8 Å². The number of rotatable bonds is 16. The van der Waals surface area contributed by atoms with Crippen molar-refractivity contribution < 1.29 is 34.0 Å². The molecule has 0 bridgehead atoms. The van der Waals surface area contributed by atoms with Crippen molar-refractivity contribution in [2.24, 2.45) is 0 Å². The van der Waals surface area contributed by atoms with Gasteiger partial charge in [0.05, 0.1) is 18.5 Å². The molecule has 7 rings (SSSR count). The monoisotopic (exact) mass is 768 g/mol. The van der Waals surface area contributed by atoms with Crippen LogP contribution in [-0.4, -0.2) is 57.9 Å². The van der Waals surface area contributed by atoms with E-state index in [0.717, 1.165) is 53.6 Å². The highest BCUT2D eigenvalue weighted by Gasteiger charge is 2.18. The topological polar surface area (TPSA) is 110 Å². The second-order valence-electron chi connectivity index (χ2n) is 14.3. The van der Waals surface area contributed by atoms with Crippen molar-refractivity contribution in [3.05, 3.63) is 150 Å². The van der Waals surface area contributed by atoms with Crippen LogP contribution in [0.2, 0.25) is 0 Å². The highest BCUT2D eigenvalue weighted by molar-refractivity contribution is 5.92. The van der Waals surface area contributed by atoms with E-state index in [0.29, 0.717) is 13.2 Å². The smallest absolute Gasteiger partial charge is 0.303 e. The molecule has 1 saturated heterocycles. The summed E-state index contributed by atoms with van der Waals surface area (Å²) in [4.78, 5) is 21.8. The average molecular weight is 769 g/mol. The quantitative estimate of drug-likeness (QED) is 0.100. The fraction of sp³-hybridized carbons (Fsp3) is 0.292. The van der Waals surface area contributed by atoms with Crippen LogP contribution in [0.1, 0.15) is 60.8 Å². The number of carbonyl (C=O) groups is 2. The van der Waals surface area contributed by atoms with Gasteiger partial charge in [0.25, 0.3) is 0 Å². The predicted molar refractivity (Wildman–Crippen MR) is 224 cm³/mol. The summed E-state index contributed by atoms with van der Waals surface area (Å²) in [6, 6.07) is 44.2. The molecule has 296 valence electrons. The molecule has 0 aliphatic carbocycles. The van der Waals surface area contributed by atoms with Crippen molar-refractivity contribution in [2.45, 2.75) is 65.2 Å². The van der Waals surface area contributed by atoms with Crippen LogP contribution < -0.4 is 14.2 Å². The number of hydrogen-bond acceptors (Lipinski definition) is 6. The highest BCUT2D eigenvalue weighted by atomic mass is 16.5. The minimum absolute atomic E-state index is 0.296. The molecular formula is C48H52N2O7. The van der Waals surface area contributed by atoms with Gasteiger partial charge in [0.1, 0.15) is 37.1 Å². The maximum absolute atomic E-state index is 9.64. The van der Waals surface area contributed by atoms with Crippen molar-refractivity contribution in [3.8, 4) is 28.5 Å². The number of hydrogen-bond donors (Lipinski definition) is 2. The fourth-order valence-electron chi connectivity index (χ4n) is 7.06. The van der Waals surface area contributed by atoms with Crippen LogP contribution in [0.3, 0.4) is 0 Å². The summed E-state index contributed by atoms with van der Waals surface area (Å²) in [5.74, 6) is 0.504. The van der Waals surface area contributed by atoms with Crippen molar-refractivity contribution in [3.63, 3.8) is 0 Å². The third-order valence-corrected chi connectivity index (χ3v) is 10.1. The van der Waals surface area contributed by atoms with Crippen molar-refractivity contribution in [1.82, 2.24) is 9.47 Å². The molecule has 9 nitrogen and oxygen atoms in total. The van der Waals surface area contributed by atoms with Crippen molar-refractivity contribution >= 4 is 22.8 Å². The summed E-state index contributed by atoms with van der Waals surface area (Å²) in [6.07, 6.45) is 4.73. The minimum Gasteiger partial charge on any atom is -0.492 e. The largest absolute Gasteiger partial charge is 0.492 e. The van der Waals surface area contributed by atoms with Crippen LogP contribution in [0.25, 0.3) is 22.2 Å². The lowest BCUT2D eigenvalue weighted by atomic mass is 10.1. The number of carboxylic acid groups (broad SMARTS) is 2. The van der Waals surface area contributed by atoms with Gasteiger partial charge in [-0.3, -0.25) is 14.5 Å². The SMILES string of the molecule is Cc1c(-c2ccc(OCc3ccccc3)cc2)n(Cc2ccc(OCCN3CCCCCC3)cc2)c2ccc(OCc3ccccc3)cc12.O=C(O)CCC(=O)O. The Morgan fingerprint density at radius 3 is 1.70 bits per heavy atom. The Balaban J connectivity index is 0.000000622. The molecule has 57 heavy (non-hydrogen) atoms. The predicted octanol–water partition coefficient (Wildman–Crippen LogP) is 10.0. The molecule has 0 atom stereocenters. The van der Waals surface area contributed by atoms with Crippen LogP contribution in [0.15, 0.2) is 127 Å². The molecule has 5 aromatic carbocycles. The summed E-state index contributed by atoms with van der Waals surface area (Å²) in [5, 5.41) is 17.0. The molecule has 2 heterocycles. The Morgan fingerprint density at radius 2 is 1.12 bits per heavy atom. The Kier molecular flexibility index (Phi) is 14.8. The number of fused-ring (bicyclic) bond motifs is 1. The van der Waals surface area contributed by atoms with Gasteiger partial charge in [-0.1, -0.05) is 85.6 Å². The van der Waals surface area contributed by atoms with Gasteiger partial charge in [-0.05, 0) is 115 Å². The molecular weight excluding hydrogens is 717 g/mol. The van der Waals surface area contributed by atoms with Crippen molar-refractivity contribution in [2.75, 3.05) is 26.2 Å². The lowest BCUT2D eigenvalue weighted by molar-refractivity contribution is -0.143. The van der Waals surface area contributed by atoms with Crippen LogP contribution in [0.4, 0.5) is 0 Å². The zero-order valence-electron chi connectivity index (χ0n) is 32.6. The van der Waals surface area contributed by atoms with Gasteiger partial charge in [-0.15, -0.1) is 0 Å². The van der Waals surface area contributed by atoms with E-state index in [1.54, 1.807) is 0 Å². The van der Waals surface area contributed by atoms with Gasteiger partial charge >= 0.3 is 11.9 Å². The van der Waals surface area contributed by atoms with Gasteiger partial charge in [0, 0.05) is 24.0 Å². The number of carboxylic acids is 2. The van der Waals surface area contributed by atoms with Crippen LogP contribution >= 0.6 is 0 Å². The maximum Gasteiger partial charge on any atom is 0.303 e. The highest BCUT2D eigenvalue weighted by Crippen LogP contribution is 2.37. The number of aryl methyl sites for hydroxylation is 1. The number of likely N-dealkylation sites (tertiary alicyclic amines) is 1. The van der Waals surface area contributed by atoms with E-state index < -0.39 is 11.9 Å². The Labute approximate surface area is 335 Å². The molecule has 9 heteroatoms. The molecule has 1 aliphatic rings. The summed E-state index contributed by atoms with van der Waals surface area (Å²) in [7, 11) is 0. The van der Waals surface area contributed by atoms with E-state index in [2.05, 4.69) is 107 Å². The van der Waals surface area contributed by atoms with Gasteiger partial charge in [-0.2, -0.15) is 0 Å². The average Bonchev–Trinajstić information content (AvgIpc) is 3.35. The number of benzene rings is 5. The van der Waals surface area contributed by atoms with Gasteiger partial charge in [-0.25, -0.2) is 0 Å². The van der Waals surface area contributed by atoms with Gasteiger partial charge in [0.2, 0.25) is 0 Å². The zero-order chi connectivity index (χ0) is 39.8. The third-order valence-electron chi connectivity index (χ3n) is 10.1. The van der Waals surface area contributed by atoms with Crippen molar-refractivity contribution in [1.29, 1.82) is 0 Å². The molecule has 0 saturated carbocycles. The Bertz CT molecular complexity index is 2140. The molecule has 1 aliphatic heterocycles. The lowest BCUT2D eigenvalue weighted by Crippen LogP contribution is -2.29. The molecule has 0 radical (unpaired) electrons. The number of ether oxygens (including phenoxy) is 3. The number of aromatic nitrogens is 1. The number of nitrogens with zero attached hydrogens (tertiary/aromatic N) is 2. The summed E-state index contributed by atoms with van der Waals surface area (Å²) in [6.45, 7) is 8.15. The molecule has 1 fully saturated rings. The zero-order valence-corrected chi connectivity index (χ0v) is 32.6. The molecule has 1 aromatic heterocycles. The van der Waals surface area contributed by atoms with Crippen LogP contribution in [0, 0.1) is 6.92 Å². The van der Waals surface area contributed by atoms with E-state index in [4.69, 9.17) is 24.4 Å². The normalized spacial score (nSPS) is 12.9. The second kappa shape index (κ2) is 20.7. The van der Waals surface area contributed by atoms with E-state index in [1.165, 1.54) is 66.5 Å². The standard InChI is InChI=1S/C44H46N2O3.C4H6O4/c1-34-42-30-41(49-33-37-14-8-5-9-15-37)24-25-43(42)46(44(34)38-18-22-40(23-19-38)48-32-36-12-6-4-7-13-36)31-35-16-20-39(21-17-35)47-29-28-45-26-10-2-3-11-27-45;5-3(6)1-2-4(7)8/h4-9,12-25,30H,2-3,10-11,26-29,31-33H2,1H3;1-2H2,(H,5,6)(H,7,8). The first-order valence-electron chi connectivity index (χ1n) is 19.8. The van der Waals surface area contributed by atoms with Gasteiger partial charge < -0.3 is 29.0 Å². The first-order chi connectivity index (χ1) is 27.8. The molecule has 6 aromatic rings. The van der Waals surface area contributed by atoms with Crippen LogP contribution in [-0.2, 0) is 29.3 Å². The molecule has 0 unspecified atom stereocenters. The number of aliphatic carboxylic acids is 2. The summed E-state index contributed by atoms with van der Waals surface area (Å²) in [5.41, 5.74) is 8.30. The van der Waals surface area contributed by atoms with E-state index >= 15 is 0 Å². The van der Waals surface area contributed by atoms with Crippen LogP contribution in [0.5, 0.6) is 17.2 Å². The maximum atomic E-state index is 9.64. The fourth-order valence-corrected chi connectivity index (χ4v) is 7.06. The first kappa shape index (κ1) is 40.6. The Morgan fingerprint density at radius 1 is 0.596 bits per heavy atom. The molecule has 0 amide bonds. The summed E-state index contributed by atoms with van der Waals surface area (Å²) < 4.78 is 21.0. The summed E-state index contributed by atoms with van der Waals surface area (Å²) >= 11 is 0. The Hall–Kier alpha value is -6.06. The van der Waals surface area contributed by atoms with Gasteiger partial charge in [0.15, 0.2) is 0 Å². The third kappa shape index (κ3) is 12.2. The van der Waals surface area contributed by atoms with E-state index in [1.807, 2.05) is 36.4 Å². The molecule has 0 spiro atoms. The van der Waals surface area contributed by atoms with E-state index in [9.17, 15) is 9.59 Å². The first-order valence-corrected chi connectivity index (χ1v) is 19.8. The molecule has 2 N–H and O–H groups in total. The second-order valence-corrected chi connectivity index (χ2v) is 14.3. The minimum atomic E-state index is -1.08. The lowest BCUT2D eigenvalue weighted by Gasteiger charge is -2.19.